The van der Waals surface area contributed by atoms with Crippen LogP contribution in [0.1, 0.15) is 25.7 Å². The predicted octanol–water partition coefficient (Wildman–Crippen LogP) is 1.48. The average Bonchev–Trinajstić information content (AvgIpc) is 2.24. The molecule has 1 aliphatic rings. The third-order valence-electron chi connectivity index (χ3n) is 3.27. The molecule has 18 heavy (non-hydrogen) atoms. The lowest BCUT2D eigenvalue weighted by molar-refractivity contribution is -0.184. The molecule has 1 atom stereocenters. The second-order valence-electron chi connectivity index (χ2n) is 4.48. The highest BCUT2D eigenvalue weighted by molar-refractivity contribution is 5.81. The number of hydrogen-bond acceptors (Lipinski definition) is 2. The van der Waals surface area contributed by atoms with Gasteiger partial charge in [0.1, 0.15) is 6.04 Å². The van der Waals surface area contributed by atoms with Crippen LogP contribution in [-0.2, 0) is 4.79 Å². The number of amides is 2. The van der Waals surface area contributed by atoms with Crippen LogP contribution in [0.15, 0.2) is 0 Å². The fourth-order valence-corrected chi connectivity index (χ4v) is 2.31. The Morgan fingerprint density at radius 3 is 2.06 bits per heavy atom. The number of alkyl halides is 3. The van der Waals surface area contributed by atoms with E-state index in [0.717, 1.165) is 0 Å². The SMILES string of the molecule is NC(=O)NC(C(=O)O)C1CCC(C(F)(F)F)CC1. The Labute approximate surface area is 102 Å². The molecule has 1 unspecified atom stereocenters. The molecule has 0 aromatic carbocycles. The minimum atomic E-state index is -4.24. The summed E-state index contributed by atoms with van der Waals surface area (Å²) in [5.41, 5.74) is 4.84. The largest absolute Gasteiger partial charge is 0.480 e. The summed E-state index contributed by atoms with van der Waals surface area (Å²) in [5, 5.41) is 11.0. The molecule has 104 valence electrons. The third kappa shape index (κ3) is 3.78. The van der Waals surface area contributed by atoms with Crippen LogP contribution in [0.3, 0.4) is 0 Å². The lowest BCUT2D eigenvalue weighted by atomic mass is 9.78. The first kappa shape index (κ1) is 14.6. The number of aliphatic carboxylic acids is 1. The molecular weight excluding hydrogens is 253 g/mol. The summed E-state index contributed by atoms with van der Waals surface area (Å²) in [6, 6.07) is -2.20. The molecule has 0 aromatic heterocycles. The summed E-state index contributed by atoms with van der Waals surface area (Å²) in [4.78, 5) is 21.6. The van der Waals surface area contributed by atoms with Gasteiger partial charge in [-0.3, -0.25) is 0 Å². The van der Waals surface area contributed by atoms with Crippen molar-refractivity contribution in [2.75, 3.05) is 0 Å². The fourth-order valence-electron chi connectivity index (χ4n) is 2.31. The minimum Gasteiger partial charge on any atom is -0.480 e. The number of hydrogen-bond donors (Lipinski definition) is 3. The van der Waals surface area contributed by atoms with Crippen molar-refractivity contribution in [3.8, 4) is 0 Å². The van der Waals surface area contributed by atoms with Crippen LogP contribution >= 0.6 is 0 Å². The number of halogens is 3. The van der Waals surface area contributed by atoms with E-state index in [4.69, 9.17) is 10.8 Å². The molecule has 5 nitrogen and oxygen atoms in total. The number of carboxylic acid groups (broad SMARTS) is 1. The van der Waals surface area contributed by atoms with Gasteiger partial charge in [-0.25, -0.2) is 9.59 Å². The van der Waals surface area contributed by atoms with E-state index in [1.165, 1.54) is 0 Å². The molecule has 0 spiro atoms. The smallest absolute Gasteiger partial charge is 0.391 e. The van der Waals surface area contributed by atoms with E-state index >= 15 is 0 Å². The van der Waals surface area contributed by atoms with Gasteiger partial charge in [0.05, 0.1) is 5.92 Å². The standard InChI is InChI=1S/C10H15F3N2O3/c11-10(12,13)6-3-1-5(2-4-6)7(8(16)17)15-9(14)18/h5-7H,1-4H2,(H,16,17)(H3,14,15,18). The first-order valence-corrected chi connectivity index (χ1v) is 5.57. The first-order valence-electron chi connectivity index (χ1n) is 5.57. The van der Waals surface area contributed by atoms with Gasteiger partial charge in [-0.1, -0.05) is 0 Å². The van der Waals surface area contributed by atoms with Gasteiger partial charge in [-0.05, 0) is 31.6 Å². The number of carbonyl (C=O) groups excluding carboxylic acids is 1. The van der Waals surface area contributed by atoms with Crippen molar-refractivity contribution in [3.63, 3.8) is 0 Å². The summed E-state index contributed by atoms with van der Waals surface area (Å²) in [6.07, 6.45) is -4.24. The normalized spacial score (nSPS) is 26.4. The van der Waals surface area contributed by atoms with Crippen molar-refractivity contribution < 1.29 is 27.9 Å². The minimum absolute atomic E-state index is 0.113. The van der Waals surface area contributed by atoms with E-state index in [1.54, 1.807) is 0 Å². The highest BCUT2D eigenvalue weighted by atomic mass is 19.4. The molecule has 1 aliphatic carbocycles. The molecule has 0 bridgehead atoms. The molecule has 4 N–H and O–H groups in total. The van der Waals surface area contributed by atoms with E-state index in [1.807, 2.05) is 0 Å². The van der Waals surface area contributed by atoms with Crippen molar-refractivity contribution in [3.05, 3.63) is 0 Å². The Hall–Kier alpha value is -1.47. The molecule has 0 saturated heterocycles. The number of rotatable bonds is 3. The Morgan fingerprint density at radius 1 is 1.22 bits per heavy atom. The molecule has 1 saturated carbocycles. The molecule has 2 amide bonds. The van der Waals surface area contributed by atoms with E-state index in [-0.39, 0.29) is 25.7 Å². The summed E-state index contributed by atoms with van der Waals surface area (Å²) in [6.45, 7) is 0. The Kier molecular flexibility index (Phi) is 4.42. The van der Waals surface area contributed by atoms with Gasteiger partial charge in [-0.2, -0.15) is 13.2 Å². The Balaban J connectivity index is 2.59. The fraction of sp³-hybridized carbons (Fsp3) is 0.800. The summed E-state index contributed by atoms with van der Waals surface area (Å²) in [7, 11) is 0. The van der Waals surface area contributed by atoms with E-state index in [9.17, 15) is 22.8 Å². The van der Waals surface area contributed by atoms with Crippen LogP contribution in [0.2, 0.25) is 0 Å². The maximum absolute atomic E-state index is 12.4. The number of carbonyl (C=O) groups is 2. The Bertz CT molecular complexity index is 325. The highest BCUT2D eigenvalue weighted by Crippen LogP contribution is 2.40. The van der Waals surface area contributed by atoms with Gasteiger partial charge < -0.3 is 16.2 Å². The number of nitrogens with two attached hydrogens (primary N) is 1. The van der Waals surface area contributed by atoms with Crippen LogP contribution < -0.4 is 11.1 Å². The van der Waals surface area contributed by atoms with Gasteiger partial charge in [0.15, 0.2) is 0 Å². The number of carboxylic acids is 1. The summed E-state index contributed by atoms with van der Waals surface area (Å²) < 4.78 is 37.3. The number of nitrogens with one attached hydrogen (secondary N) is 1. The zero-order valence-electron chi connectivity index (χ0n) is 9.54. The van der Waals surface area contributed by atoms with Crippen LogP contribution in [0.25, 0.3) is 0 Å². The lowest BCUT2D eigenvalue weighted by Crippen LogP contribution is -2.49. The van der Waals surface area contributed by atoms with Crippen molar-refractivity contribution in [1.82, 2.24) is 5.32 Å². The maximum Gasteiger partial charge on any atom is 0.391 e. The molecule has 0 heterocycles. The van der Waals surface area contributed by atoms with Gasteiger partial charge in [0, 0.05) is 0 Å². The van der Waals surface area contributed by atoms with Gasteiger partial charge in [-0.15, -0.1) is 0 Å². The Morgan fingerprint density at radius 2 is 1.72 bits per heavy atom. The van der Waals surface area contributed by atoms with Gasteiger partial charge in [0.25, 0.3) is 0 Å². The second-order valence-corrected chi connectivity index (χ2v) is 4.48. The molecule has 0 aromatic rings. The van der Waals surface area contributed by atoms with Crippen molar-refractivity contribution in [2.24, 2.45) is 17.6 Å². The molecule has 8 heteroatoms. The monoisotopic (exact) mass is 268 g/mol. The molecule has 1 fully saturated rings. The number of urea groups is 1. The van der Waals surface area contributed by atoms with Crippen molar-refractivity contribution in [1.29, 1.82) is 0 Å². The molecule has 0 aliphatic heterocycles. The van der Waals surface area contributed by atoms with Crippen LogP contribution in [-0.4, -0.2) is 29.3 Å². The third-order valence-corrected chi connectivity index (χ3v) is 3.27. The quantitative estimate of drug-likeness (QED) is 0.723. The zero-order chi connectivity index (χ0) is 13.9. The lowest BCUT2D eigenvalue weighted by Gasteiger charge is -2.32. The maximum atomic E-state index is 12.4. The summed E-state index contributed by atoms with van der Waals surface area (Å²) >= 11 is 0. The second kappa shape index (κ2) is 5.45. The first-order chi connectivity index (χ1) is 8.21. The van der Waals surface area contributed by atoms with E-state index in [2.05, 4.69) is 5.32 Å². The predicted molar refractivity (Wildman–Crippen MR) is 55.6 cm³/mol. The van der Waals surface area contributed by atoms with E-state index < -0.39 is 36.1 Å². The van der Waals surface area contributed by atoms with Crippen LogP contribution in [0.4, 0.5) is 18.0 Å². The molecule has 0 radical (unpaired) electrons. The van der Waals surface area contributed by atoms with E-state index in [0.29, 0.717) is 0 Å². The number of primary amides is 1. The van der Waals surface area contributed by atoms with Crippen molar-refractivity contribution in [2.45, 2.75) is 37.9 Å². The van der Waals surface area contributed by atoms with Gasteiger partial charge in [0.2, 0.25) is 0 Å². The highest BCUT2D eigenvalue weighted by Gasteiger charge is 2.43. The average molecular weight is 268 g/mol. The zero-order valence-corrected chi connectivity index (χ0v) is 9.54. The van der Waals surface area contributed by atoms with Crippen LogP contribution in [0, 0.1) is 11.8 Å². The van der Waals surface area contributed by atoms with Crippen molar-refractivity contribution >= 4 is 12.0 Å². The molecular formula is C10H15F3N2O3. The van der Waals surface area contributed by atoms with Crippen LogP contribution in [0.5, 0.6) is 0 Å². The summed E-state index contributed by atoms with van der Waals surface area (Å²) in [5.74, 6) is -3.16. The van der Waals surface area contributed by atoms with Gasteiger partial charge >= 0.3 is 18.2 Å². The molecule has 1 rings (SSSR count). The topological polar surface area (TPSA) is 92.4 Å².